The van der Waals surface area contributed by atoms with Crippen molar-refractivity contribution in [1.82, 2.24) is 4.90 Å². The molecule has 19 heavy (non-hydrogen) atoms. The number of aromatic carboxylic acids is 1. The summed E-state index contributed by atoms with van der Waals surface area (Å²) in [5.74, 6) is -2.86. The molecule has 0 aliphatic carbocycles. The molecule has 0 saturated heterocycles. The van der Waals surface area contributed by atoms with Crippen molar-refractivity contribution in [2.24, 2.45) is 5.73 Å². The van der Waals surface area contributed by atoms with E-state index in [2.05, 4.69) is 0 Å². The standard InChI is InChI=1S/C12H16N2O5/c1-2-3-6-14(7-10(13)15)11(16)8-4-5-9(19-8)12(17)18/h4-5H,2-3,6-7H2,1H3,(H2,13,15)(H,17,18). The Hall–Kier alpha value is -2.31. The first-order valence-electron chi connectivity index (χ1n) is 5.86. The SMILES string of the molecule is CCCCN(CC(N)=O)C(=O)c1ccc(C(=O)O)o1. The fraction of sp³-hybridized carbons (Fsp3) is 0.417. The number of carboxylic acid groups (broad SMARTS) is 1. The van der Waals surface area contributed by atoms with Gasteiger partial charge in [0.1, 0.15) is 0 Å². The molecule has 1 aromatic heterocycles. The summed E-state index contributed by atoms with van der Waals surface area (Å²) in [7, 11) is 0. The van der Waals surface area contributed by atoms with Crippen LogP contribution in [-0.2, 0) is 4.79 Å². The molecule has 104 valence electrons. The largest absolute Gasteiger partial charge is 0.475 e. The Labute approximate surface area is 110 Å². The molecule has 0 radical (unpaired) electrons. The monoisotopic (exact) mass is 268 g/mol. The lowest BCUT2D eigenvalue weighted by Gasteiger charge is -2.19. The Bertz CT molecular complexity index is 480. The molecule has 0 aliphatic heterocycles. The second-order valence-corrected chi connectivity index (χ2v) is 4.02. The van der Waals surface area contributed by atoms with Gasteiger partial charge in [0.05, 0.1) is 6.54 Å². The third-order valence-corrected chi connectivity index (χ3v) is 2.44. The number of nitrogens with zero attached hydrogens (tertiary/aromatic N) is 1. The molecule has 0 unspecified atom stereocenters. The number of rotatable bonds is 7. The van der Waals surface area contributed by atoms with E-state index in [0.29, 0.717) is 13.0 Å². The second-order valence-electron chi connectivity index (χ2n) is 4.02. The molecule has 2 amide bonds. The summed E-state index contributed by atoms with van der Waals surface area (Å²) in [6, 6.07) is 2.46. The average molecular weight is 268 g/mol. The Morgan fingerprint density at radius 2 is 1.95 bits per heavy atom. The summed E-state index contributed by atoms with van der Waals surface area (Å²) in [6.07, 6.45) is 1.56. The Kier molecular flexibility index (Phi) is 5.11. The minimum atomic E-state index is -1.26. The van der Waals surface area contributed by atoms with Crippen molar-refractivity contribution < 1.29 is 23.9 Å². The smallest absolute Gasteiger partial charge is 0.371 e. The van der Waals surface area contributed by atoms with Gasteiger partial charge in [-0.05, 0) is 18.6 Å². The van der Waals surface area contributed by atoms with Gasteiger partial charge in [0.25, 0.3) is 5.91 Å². The van der Waals surface area contributed by atoms with Crippen molar-refractivity contribution in [3.05, 3.63) is 23.7 Å². The van der Waals surface area contributed by atoms with Crippen LogP contribution in [0.1, 0.15) is 40.9 Å². The van der Waals surface area contributed by atoms with Crippen molar-refractivity contribution in [3.63, 3.8) is 0 Å². The predicted octanol–water partition coefficient (Wildman–Crippen LogP) is 0.705. The van der Waals surface area contributed by atoms with Crippen LogP contribution in [-0.4, -0.2) is 40.9 Å². The molecular formula is C12H16N2O5. The zero-order valence-electron chi connectivity index (χ0n) is 10.6. The van der Waals surface area contributed by atoms with Gasteiger partial charge in [0.2, 0.25) is 11.7 Å². The predicted molar refractivity (Wildman–Crippen MR) is 65.7 cm³/mol. The number of hydrogen-bond donors (Lipinski definition) is 2. The lowest BCUT2D eigenvalue weighted by atomic mass is 10.3. The highest BCUT2D eigenvalue weighted by atomic mass is 16.4. The first-order chi connectivity index (χ1) is 8.95. The van der Waals surface area contributed by atoms with E-state index in [1.807, 2.05) is 6.92 Å². The number of unbranched alkanes of at least 4 members (excludes halogenated alkanes) is 1. The van der Waals surface area contributed by atoms with Crippen molar-refractivity contribution in [2.45, 2.75) is 19.8 Å². The van der Waals surface area contributed by atoms with Crippen LogP contribution in [0.5, 0.6) is 0 Å². The number of hydrogen-bond acceptors (Lipinski definition) is 4. The average Bonchev–Trinajstić information content (AvgIpc) is 2.82. The van der Waals surface area contributed by atoms with Gasteiger partial charge in [-0.15, -0.1) is 0 Å². The molecular weight excluding hydrogens is 252 g/mol. The Morgan fingerprint density at radius 1 is 1.32 bits per heavy atom. The molecule has 7 nitrogen and oxygen atoms in total. The molecule has 3 N–H and O–H groups in total. The maximum Gasteiger partial charge on any atom is 0.371 e. The molecule has 0 aromatic carbocycles. The van der Waals surface area contributed by atoms with Crippen LogP contribution in [0.25, 0.3) is 0 Å². The van der Waals surface area contributed by atoms with Gasteiger partial charge >= 0.3 is 5.97 Å². The van der Waals surface area contributed by atoms with Crippen molar-refractivity contribution in [3.8, 4) is 0 Å². The highest BCUT2D eigenvalue weighted by molar-refractivity contribution is 5.95. The Morgan fingerprint density at radius 3 is 2.42 bits per heavy atom. The minimum Gasteiger partial charge on any atom is -0.475 e. The fourth-order valence-electron chi connectivity index (χ4n) is 1.51. The van der Waals surface area contributed by atoms with Crippen LogP contribution in [0.15, 0.2) is 16.5 Å². The zero-order chi connectivity index (χ0) is 14.4. The second kappa shape index (κ2) is 6.58. The van der Waals surface area contributed by atoms with E-state index in [9.17, 15) is 14.4 Å². The van der Waals surface area contributed by atoms with Crippen molar-refractivity contribution in [1.29, 1.82) is 0 Å². The number of amides is 2. The third-order valence-electron chi connectivity index (χ3n) is 2.44. The molecule has 1 aromatic rings. The third kappa shape index (κ3) is 4.13. The fourth-order valence-corrected chi connectivity index (χ4v) is 1.51. The molecule has 0 spiro atoms. The summed E-state index contributed by atoms with van der Waals surface area (Å²) < 4.78 is 4.91. The Balaban J connectivity index is 2.84. The first-order valence-corrected chi connectivity index (χ1v) is 5.86. The van der Waals surface area contributed by atoms with E-state index in [0.717, 1.165) is 6.42 Å². The molecule has 1 rings (SSSR count). The van der Waals surface area contributed by atoms with E-state index >= 15 is 0 Å². The van der Waals surface area contributed by atoms with Gasteiger partial charge in [-0.1, -0.05) is 13.3 Å². The van der Waals surface area contributed by atoms with Crippen LogP contribution >= 0.6 is 0 Å². The summed E-state index contributed by atoms with van der Waals surface area (Å²) in [5, 5.41) is 8.71. The maximum atomic E-state index is 12.1. The van der Waals surface area contributed by atoms with Crippen LogP contribution in [0.4, 0.5) is 0 Å². The normalized spacial score (nSPS) is 10.2. The number of carboxylic acids is 1. The van der Waals surface area contributed by atoms with Crippen molar-refractivity contribution >= 4 is 17.8 Å². The first kappa shape index (κ1) is 14.7. The van der Waals surface area contributed by atoms with Gasteiger partial charge < -0.3 is 20.2 Å². The number of furan rings is 1. The number of carbonyl (C=O) groups is 3. The quantitative estimate of drug-likeness (QED) is 0.755. The highest BCUT2D eigenvalue weighted by Crippen LogP contribution is 2.11. The van der Waals surface area contributed by atoms with Crippen LogP contribution in [0.2, 0.25) is 0 Å². The van der Waals surface area contributed by atoms with Gasteiger partial charge in [0, 0.05) is 6.54 Å². The summed E-state index contributed by atoms with van der Waals surface area (Å²) in [4.78, 5) is 34.9. The van der Waals surface area contributed by atoms with Gasteiger partial charge in [0.15, 0.2) is 5.76 Å². The molecule has 0 atom stereocenters. The lowest BCUT2D eigenvalue weighted by Crippen LogP contribution is -2.38. The van der Waals surface area contributed by atoms with E-state index in [1.54, 1.807) is 0 Å². The highest BCUT2D eigenvalue weighted by Gasteiger charge is 2.21. The zero-order valence-corrected chi connectivity index (χ0v) is 10.6. The van der Waals surface area contributed by atoms with Gasteiger partial charge in [-0.25, -0.2) is 4.79 Å². The minimum absolute atomic E-state index is 0.116. The molecule has 0 fully saturated rings. The molecule has 0 bridgehead atoms. The molecule has 0 aliphatic rings. The topological polar surface area (TPSA) is 114 Å². The van der Waals surface area contributed by atoms with E-state index < -0.39 is 17.8 Å². The lowest BCUT2D eigenvalue weighted by molar-refractivity contribution is -0.118. The summed E-state index contributed by atoms with van der Waals surface area (Å²) in [6.45, 7) is 2.09. The van der Waals surface area contributed by atoms with Crippen LogP contribution < -0.4 is 5.73 Å². The van der Waals surface area contributed by atoms with Gasteiger partial charge in [-0.2, -0.15) is 0 Å². The van der Waals surface area contributed by atoms with E-state index in [-0.39, 0.29) is 18.1 Å². The molecule has 0 saturated carbocycles. The summed E-state index contributed by atoms with van der Waals surface area (Å²) in [5.41, 5.74) is 5.08. The number of nitrogens with two attached hydrogens (primary N) is 1. The summed E-state index contributed by atoms with van der Waals surface area (Å²) >= 11 is 0. The van der Waals surface area contributed by atoms with Gasteiger partial charge in [-0.3, -0.25) is 9.59 Å². The van der Waals surface area contributed by atoms with Crippen LogP contribution in [0, 0.1) is 0 Å². The molecule has 1 heterocycles. The molecule has 7 heteroatoms. The van der Waals surface area contributed by atoms with E-state index in [1.165, 1.54) is 17.0 Å². The van der Waals surface area contributed by atoms with Crippen molar-refractivity contribution in [2.75, 3.05) is 13.1 Å². The van der Waals surface area contributed by atoms with E-state index in [4.69, 9.17) is 15.3 Å². The number of primary amides is 1. The maximum absolute atomic E-state index is 12.1. The number of carbonyl (C=O) groups excluding carboxylic acids is 2. The van der Waals surface area contributed by atoms with Crippen LogP contribution in [0.3, 0.4) is 0 Å².